The molecule has 182 valence electrons. The van der Waals surface area contributed by atoms with Crippen molar-refractivity contribution in [2.24, 2.45) is 11.8 Å². The number of imide groups is 1. The van der Waals surface area contributed by atoms with E-state index in [9.17, 15) is 14.7 Å². The van der Waals surface area contributed by atoms with E-state index in [0.29, 0.717) is 21.2 Å². The number of carbonyl (C=O) groups is 2. The standard InChI is InChI=1S/C31H21Cl2NO3/c32-21-15-7-13-19-23-20-14-8-16-22(33)26(20)31(37,25(19)21)27-24(23)29(35)34(30(27)36)28(17-9-3-1-4-10-17)18-11-5-2-6-12-18/h1-16,23-24,27-28,37H. The zero-order valence-electron chi connectivity index (χ0n) is 19.5. The molecule has 2 atom stereocenters. The highest BCUT2D eigenvalue weighted by Gasteiger charge is 2.69. The van der Waals surface area contributed by atoms with E-state index in [1.165, 1.54) is 4.90 Å². The van der Waals surface area contributed by atoms with E-state index >= 15 is 0 Å². The fraction of sp³-hybridized carbons (Fsp3) is 0.161. The summed E-state index contributed by atoms with van der Waals surface area (Å²) in [6.07, 6.45) is 0. The van der Waals surface area contributed by atoms with E-state index < -0.39 is 35.3 Å². The van der Waals surface area contributed by atoms with Gasteiger partial charge in [-0.15, -0.1) is 0 Å². The minimum Gasteiger partial charge on any atom is -0.379 e. The van der Waals surface area contributed by atoms with Gasteiger partial charge in [-0.05, 0) is 34.4 Å². The van der Waals surface area contributed by atoms with Crippen LogP contribution in [0.5, 0.6) is 0 Å². The maximum absolute atomic E-state index is 14.4. The lowest BCUT2D eigenvalue weighted by molar-refractivity contribution is -0.143. The van der Waals surface area contributed by atoms with Crippen LogP contribution in [0.1, 0.15) is 45.3 Å². The predicted molar refractivity (Wildman–Crippen MR) is 141 cm³/mol. The van der Waals surface area contributed by atoms with E-state index in [4.69, 9.17) is 23.2 Å². The summed E-state index contributed by atoms with van der Waals surface area (Å²) in [6.45, 7) is 0. The third-order valence-electron chi connectivity index (χ3n) is 8.21. The minimum absolute atomic E-state index is 0.299. The second-order valence-corrected chi connectivity index (χ2v) is 10.7. The van der Waals surface area contributed by atoms with Crippen LogP contribution in [0.2, 0.25) is 10.0 Å². The van der Waals surface area contributed by atoms with E-state index in [1.807, 2.05) is 84.9 Å². The third-order valence-corrected chi connectivity index (χ3v) is 8.84. The molecule has 2 bridgehead atoms. The molecule has 0 aromatic heterocycles. The average molecular weight is 526 g/mol. The average Bonchev–Trinajstić information content (AvgIpc) is 3.17. The van der Waals surface area contributed by atoms with E-state index in [0.717, 1.165) is 22.3 Å². The highest BCUT2D eigenvalue weighted by molar-refractivity contribution is 6.33. The molecule has 1 heterocycles. The molecule has 37 heavy (non-hydrogen) atoms. The number of hydrogen-bond donors (Lipinski definition) is 1. The van der Waals surface area contributed by atoms with Crippen molar-refractivity contribution in [2.75, 3.05) is 0 Å². The molecular weight excluding hydrogens is 505 g/mol. The van der Waals surface area contributed by atoms with Crippen molar-refractivity contribution in [2.45, 2.75) is 17.6 Å². The Hall–Kier alpha value is -3.44. The van der Waals surface area contributed by atoms with Gasteiger partial charge in [0.15, 0.2) is 0 Å². The molecule has 8 rings (SSSR count). The summed E-state index contributed by atoms with van der Waals surface area (Å²) in [6, 6.07) is 29.3. The highest BCUT2D eigenvalue weighted by Crippen LogP contribution is 2.65. The van der Waals surface area contributed by atoms with Gasteiger partial charge in [0.2, 0.25) is 11.8 Å². The minimum atomic E-state index is -1.83. The molecule has 4 nitrogen and oxygen atoms in total. The van der Waals surface area contributed by atoms with Gasteiger partial charge in [0.25, 0.3) is 0 Å². The number of likely N-dealkylation sites (tertiary alicyclic amines) is 1. The van der Waals surface area contributed by atoms with Crippen LogP contribution in [0.4, 0.5) is 0 Å². The monoisotopic (exact) mass is 525 g/mol. The number of hydrogen-bond acceptors (Lipinski definition) is 3. The molecule has 4 aromatic rings. The zero-order chi connectivity index (χ0) is 25.5. The Kier molecular flexibility index (Phi) is 4.93. The van der Waals surface area contributed by atoms with E-state index in [1.54, 1.807) is 12.1 Å². The maximum atomic E-state index is 14.4. The fourth-order valence-corrected chi connectivity index (χ4v) is 7.55. The molecule has 0 spiro atoms. The molecule has 4 aromatic carbocycles. The Morgan fingerprint density at radius 2 is 1.16 bits per heavy atom. The van der Waals surface area contributed by atoms with Crippen molar-refractivity contribution >= 4 is 35.0 Å². The van der Waals surface area contributed by atoms with Crippen molar-refractivity contribution in [3.8, 4) is 0 Å². The summed E-state index contributed by atoms with van der Waals surface area (Å²) in [5.74, 6) is -2.98. The van der Waals surface area contributed by atoms with Crippen molar-refractivity contribution in [3.63, 3.8) is 0 Å². The molecule has 3 aliphatic carbocycles. The number of benzene rings is 4. The van der Waals surface area contributed by atoms with Gasteiger partial charge in [0.05, 0.1) is 17.9 Å². The number of amides is 2. The third kappa shape index (κ3) is 2.89. The summed E-state index contributed by atoms with van der Waals surface area (Å²) >= 11 is 13.4. The van der Waals surface area contributed by atoms with Crippen LogP contribution in [-0.2, 0) is 15.2 Å². The van der Waals surface area contributed by atoms with Gasteiger partial charge in [-0.2, -0.15) is 0 Å². The molecule has 1 fully saturated rings. The van der Waals surface area contributed by atoms with Crippen molar-refractivity contribution in [1.82, 2.24) is 4.90 Å². The number of halogens is 2. The Balaban J connectivity index is 1.48. The summed E-state index contributed by atoms with van der Waals surface area (Å²) < 4.78 is 0. The second kappa shape index (κ2) is 8.03. The Labute approximate surface area is 224 Å². The molecule has 2 amide bonds. The number of carbonyl (C=O) groups excluding carboxylic acids is 2. The number of aliphatic hydroxyl groups is 1. The maximum Gasteiger partial charge on any atom is 0.237 e. The lowest BCUT2D eigenvalue weighted by Crippen LogP contribution is -2.54. The molecule has 4 aliphatic rings. The van der Waals surface area contributed by atoms with E-state index in [2.05, 4.69) is 0 Å². The van der Waals surface area contributed by atoms with Gasteiger partial charge in [0, 0.05) is 27.1 Å². The summed E-state index contributed by atoms with van der Waals surface area (Å²) in [5, 5.41) is 13.3. The molecule has 6 heteroatoms. The first-order valence-electron chi connectivity index (χ1n) is 12.2. The second-order valence-electron chi connectivity index (χ2n) is 9.93. The topological polar surface area (TPSA) is 57.6 Å². The first-order valence-corrected chi connectivity index (χ1v) is 13.0. The van der Waals surface area contributed by atoms with Crippen LogP contribution in [0.3, 0.4) is 0 Å². The molecular formula is C31H21Cl2NO3. The van der Waals surface area contributed by atoms with Crippen molar-refractivity contribution in [1.29, 1.82) is 0 Å². The largest absolute Gasteiger partial charge is 0.379 e. The van der Waals surface area contributed by atoms with Crippen molar-refractivity contribution < 1.29 is 14.7 Å². The quantitative estimate of drug-likeness (QED) is 0.330. The van der Waals surface area contributed by atoms with Crippen LogP contribution in [-0.4, -0.2) is 21.8 Å². The zero-order valence-corrected chi connectivity index (χ0v) is 21.0. The van der Waals surface area contributed by atoms with Crippen LogP contribution < -0.4 is 0 Å². The van der Waals surface area contributed by atoms with Crippen LogP contribution >= 0.6 is 23.2 Å². The van der Waals surface area contributed by atoms with Gasteiger partial charge < -0.3 is 5.11 Å². The Morgan fingerprint density at radius 3 is 1.65 bits per heavy atom. The van der Waals surface area contributed by atoms with Crippen LogP contribution in [0.15, 0.2) is 97.1 Å². The van der Waals surface area contributed by atoms with Gasteiger partial charge in [-0.25, -0.2) is 0 Å². The number of rotatable bonds is 3. The predicted octanol–water partition coefficient (Wildman–Crippen LogP) is 6.08. The smallest absolute Gasteiger partial charge is 0.237 e. The summed E-state index contributed by atoms with van der Waals surface area (Å²) in [5.41, 5.74) is 2.29. The SMILES string of the molecule is O=C1C2C3c4cccc(Cl)c4C(O)(c4c(Cl)cccc43)C2C(=O)N1C(c1ccccc1)c1ccccc1. The van der Waals surface area contributed by atoms with E-state index in [-0.39, 0.29) is 5.91 Å². The normalized spacial score (nSPS) is 25.3. The first kappa shape index (κ1) is 22.7. The molecule has 1 aliphatic heterocycles. The molecule has 0 radical (unpaired) electrons. The summed E-state index contributed by atoms with van der Waals surface area (Å²) in [7, 11) is 0. The Bertz CT molecular complexity index is 1490. The number of nitrogens with zero attached hydrogens (tertiary/aromatic N) is 1. The first-order chi connectivity index (χ1) is 17.9. The van der Waals surface area contributed by atoms with Crippen LogP contribution in [0.25, 0.3) is 0 Å². The molecule has 1 saturated heterocycles. The fourth-order valence-electron chi connectivity index (χ4n) is 6.90. The van der Waals surface area contributed by atoms with Gasteiger partial charge in [-0.3, -0.25) is 14.5 Å². The molecule has 0 saturated carbocycles. The molecule has 1 N–H and O–H groups in total. The Morgan fingerprint density at radius 1 is 0.676 bits per heavy atom. The highest BCUT2D eigenvalue weighted by atomic mass is 35.5. The summed E-state index contributed by atoms with van der Waals surface area (Å²) in [4.78, 5) is 30.2. The molecule has 2 unspecified atom stereocenters. The van der Waals surface area contributed by atoms with Crippen molar-refractivity contribution in [3.05, 3.63) is 140 Å². The van der Waals surface area contributed by atoms with Gasteiger partial charge in [0.1, 0.15) is 5.60 Å². The lowest BCUT2D eigenvalue weighted by Gasteiger charge is -2.51. The lowest BCUT2D eigenvalue weighted by atomic mass is 9.52. The van der Waals surface area contributed by atoms with Gasteiger partial charge >= 0.3 is 0 Å². The van der Waals surface area contributed by atoms with Gasteiger partial charge in [-0.1, -0.05) is 108 Å². The van der Waals surface area contributed by atoms with Crippen LogP contribution in [0, 0.1) is 11.8 Å².